The van der Waals surface area contributed by atoms with Crippen LogP contribution in [0.2, 0.25) is 0 Å². The maximum absolute atomic E-state index is 13.3. The molecule has 28 heavy (non-hydrogen) atoms. The average Bonchev–Trinajstić information content (AvgIpc) is 3.32. The fraction of sp³-hybridized carbons (Fsp3) is 0.100. The van der Waals surface area contributed by atoms with Gasteiger partial charge in [0.05, 0.1) is 18.4 Å². The van der Waals surface area contributed by atoms with Gasteiger partial charge in [0.25, 0.3) is 5.91 Å². The number of thiazole rings is 1. The van der Waals surface area contributed by atoms with Crippen molar-refractivity contribution >= 4 is 22.4 Å². The number of anilines is 1. The Morgan fingerprint density at radius 2 is 2.07 bits per heavy atom. The molecular weight excluding hydrogens is 377 g/mol. The first kappa shape index (κ1) is 18.0. The number of rotatable bonds is 5. The van der Waals surface area contributed by atoms with Crippen LogP contribution >= 0.6 is 11.3 Å². The van der Waals surface area contributed by atoms with Gasteiger partial charge in [0.15, 0.2) is 10.8 Å². The molecule has 4 rings (SSSR count). The summed E-state index contributed by atoms with van der Waals surface area (Å²) in [6, 6.07) is 14.2. The summed E-state index contributed by atoms with van der Waals surface area (Å²) in [6.45, 7) is 2.34. The maximum Gasteiger partial charge on any atom is 0.279 e. The third kappa shape index (κ3) is 3.96. The van der Waals surface area contributed by atoms with Crippen LogP contribution in [0.3, 0.4) is 0 Å². The summed E-state index contributed by atoms with van der Waals surface area (Å²) in [6.07, 6.45) is 1.52. The second-order valence-corrected chi connectivity index (χ2v) is 7.10. The van der Waals surface area contributed by atoms with Gasteiger partial charge in [0.1, 0.15) is 5.82 Å². The van der Waals surface area contributed by atoms with Crippen LogP contribution in [0.1, 0.15) is 21.6 Å². The maximum atomic E-state index is 13.3. The molecule has 8 heteroatoms. The number of benzene rings is 2. The molecule has 0 aliphatic heterocycles. The van der Waals surface area contributed by atoms with E-state index in [9.17, 15) is 9.18 Å². The molecule has 0 atom stereocenters. The zero-order chi connectivity index (χ0) is 19.5. The predicted octanol–water partition coefficient (Wildman–Crippen LogP) is 4.15. The van der Waals surface area contributed by atoms with Gasteiger partial charge < -0.3 is 0 Å². The highest BCUT2D eigenvalue weighted by Gasteiger charge is 2.14. The van der Waals surface area contributed by atoms with Gasteiger partial charge in [-0.05, 0) is 30.2 Å². The Kier molecular flexibility index (Phi) is 4.94. The summed E-state index contributed by atoms with van der Waals surface area (Å²) in [5.74, 6) is -0.708. The van der Waals surface area contributed by atoms with E-state index in [1.54, 1.807) is 12.1 Å². The standard InChI is InChI=1S/C20H16FN5OS/c1-13-5-2-3-8-16(13)18-12-28-20(22-18)23-19(27)17-11-26(25-24-17)10-14-6-4-7-15(21)9-14/h2-9,11-12H,10H2,1H3,(H,22,23,27). The zero-order valence-electron chi connectivity index (χ0n) is 15.0. The van der Waals surface area contributed by atoms with Crippen molar-refractivity contribution in [1.82, 2.24) is 20.0 Å². The molecule has 0 radical (unpaired) electrons. The molecule has 0 unspecified atom stereocenters. The number of aromatic nitrogens is 4. The lowest BCUT2D eigenvalue weighted by molar-refractivity contribution is 0.102. The number of hydrogen-bond acceptors (Lipinski definition) is 5. The molecular formula is C20H16FN5OS. The second kappa shape index (κ2) is 7.69. The number of amides is 1. The molecule has 0 bridgehead atoms. The molecule has 0 saturated heterocycles. The van der Waals surface area contributed by atoms with Crippen LogP contribution in [0, 0.1) is 12.7 Å². The number of aryl methyl sites for hydroxylation is 1. The first-order valence-electron chi connectivity index (χ1n) is 8.56. The molecule has 1 amide bonds. The van der Waals surface area contributed by atoms with Gasteiger partial charge in [0.2, 0.25) is 0 Å². The summed E-state index contributed by atoms with van der Waals surface area (Å²) in [4.78, 5) is 16.9. The van der Waals surface area contributed by atoms with Crippen molar-refractivity contribution in [3.63, 3.8) is 0 Å². The van der Waals surface area contributed by atoms with E-state index in [2.05, 4.69) is 20.6 Å². The summed E-state index contributed by atoms with van der Waals surface area (Å²) < 4.78 is 14.8. The monoisotopic (exact) mass is 393 g/mol. The summed E-state index contributed by atoms with van der Waals surface area (Å²) in [7, 11) is 0. The van der Waals surface area contributed by atoms with Crippen LogP contribution in [-0.4, -0.2) is 25.9 Å². The number of hydrogen-bond donors (Lipinski definition) is 1. The predicted molar refractivity (Wildman–Crippen MR) is 106 cm³/mol. The van der Waals surface area contributed by atoms with Crippen LogP contribution < -0.4 is 5.32 Å². The fourth-order valence-electron chi connectivity index (χ4n) is 2.78. The second-order valence-electron chi connectivity index (χ2n) is 6.24. The third-order valence-electron chi connectivity index (χ3n) is 4.15. The van der Waals surface area contributed by atoms with E-state index in [0.29, 0.717) is 11.7 Å². The minimum absolute atomic E-state index is 0.170. The van der Waals surface area contributed by atoms with Crippen LogP contribution in [0.15, 0.2) is 60.1 Å². The van der Waals surface area contributed by atoms with E-state index in [1.807, 2.05) is 36.6 Å². The van der Waals surface area contributed by atoms with E-state index in [1.165, 1.54) is 34.3 Å². The van der Waals surface area contributed by atoms with E-state index >= 15 is 0 Å². The minimum atomic E-state index is -0.392. The number of carbonyl (C=O) groups is 1. The summed E-state index contributed by atoms with van der Waals surface area (Å²) >= 11 is 1.35. The van der Waals surface area contributed by atoms with Gasteiger partial charge >= 0.3 is 0 Å². The van der Waals surface area contributed by atoms with Crippen LogP contribution in [0.5, 0.6) is 0 Å². The normalized spacial score (nSPS) is 10.8. The van der Waals surface area contributed by atoms with Gasteiger partial charge in [0, 0.05) is 10.9 Å². The molecule has 0 aliphatic carbocycles. The smallest absolute Gasteiger partial charge is 0.279 e. The molecule has 0 spiro atoms. The number of nitrogens with one attached hydrogen (secondary N) is 1. The largest absolute Gasteiger partial charge is 0.296 e. The lowest BCUT2D eigenvalue weighted by atomic mass is 10.1. The molecule has 2 aromatic carbocycles. The van der Waals surface area contributed by atoms with Crippen molar-refractivity contribution in [1.29, 1.82) is 0 Å². The average molecular weight is 393 g/mol. The Morgan fingerprint density at radius 1 is 1.21 bits per heavy atom. The molecule has 2 heterocycles. The summed E-state index contributed by atoms with van der Waals surface area (Å²) in [5.41, 5.74) is 3.86. The van der Waals surface area contributed by atoms with Crippen molar-refractivity contribution in [3.8, 4) is 11.3 Å². The first-order valence-corrected chi connectivity index (χ1v) is 9.44. The van der Waals surface area contributed by atoms with Gasteiger partial charge in [-0.3, -0.25) is 10.1 Å². The molecule has 4 aromatic rings. The molecule has 0 fully saturated rings. The van der Waals surface area contributed by atoms with Gasteiger partial charge in [-0.15, -0.1) is 16.4 Å². The lowest BCUT2D eigenvalue weighted by Crippen LogP contribution is -2.12. The Bertz CT molecular complexity index is 1140. The quantitative estimate of drug-likeness (QED) is 0.553. The highest BCUT2D eigenvalue weighted by atomic mass is 32.1. The molecule has 140 valence electrons. The summed E-state index contributed by atoms with van der Waals surface area (Å²) in [5, 5.41) is 13.0. The molecule has 1 N–H and O–H groups in total. The third-order valence-corrected chi connectivity index (χ3v) is 4.91. The number of halogens is 1. The van der Waals surface area contributed by atoms with E-state index in [-0.39, 0.29) is 11.5 Å². The first-order chi connectivity index (χ1) is 13.6. The fourth-order valence-corrected chi connectivity index (χ4v) is 3.48. The van der Waals surface area contributed by atoms with Crippen LogP contribution in [0.25, 0.3) is 11.3 Å². The van der Waals surface area contributed by atoms with Gasteiger partial charge in [-0.25, -0.2) is 14.1 Å². The SMILES string of the molecule is Cc1ccccc1-c1csc(NC(=O)c2cn(Cc3cccc(F)c3)nn2)n1. The Labute approximate surface area is 164 Å². The van der Waals surface area contributed by atoms with Gasteiger partial charge in [-0.1, -0.05) is 41.6 Å². The van der Waals surface area contributed by atoms with Gasteiger partial charge in [-0.2, -0.15) is 0 Å². The van der Waals surface area contributed by atoms with Crippen molar-refractivity contribution < 1.29 is 9.18 Å². The van der Waals surface area contributed by atoms with E-state index < -0.39 is 5.91 Å². The van der Waals surface area contributed by atoms with Crippen molar-refractivity contribution in [2.45, 2.75) is 13.5 Å². The molecule has 0 saturated carbocycles. The molecule has 0 aliphatic rings. The highest BCUT2D eigenvalue weighted by Crippen LogP contribution is 2.27. The van der Waals surface area contributed by atoms with E-state index in [4.69, 9.17) is 0 Å². The number of nitrogens with zero attached hydrogens (tertiary/aromatic N) is 4. The van der Waals surface area contributed by atoms with Crippen molar-refractivity contribution in [3.05, 3.63) is 82.7 Å². The van der Waals surface area contributed by atoms with Crippen molar-refractivity contribution in [2.24, 2.45) is 0 Å². The minimum Gasteiger partial charge on any atom is -0.296 e. The Balaban J connectivity index is 1.45. The topological polar surface area (TPSA) is 72.7 Å². The zero-order valence-corrected chi connectivity index (χ0v) is 15.8. The molecule has 2 aromatic heterocycles. The lowest BCUT2D eigenvalue weighted by Gasteiger charge is -2.01. The Hall–Kier alpha value is -3.39. The number of carbonyl (C=O) groups excluding carboxylic acids is 1. The molecule has 6 nitrogen and oxygen atoms in total. The van der Waals surface area contributed by atoms with E-state index in [0.717, 1.165) is 22.4 Å². The van der Waals surface area contributed by atoms with Crippen LogP contribution in [0.4, 0.5) is 9.52 Å². The van der Waals surface area contributed by atoms with Crippen LogP contribution in [-0.2, 0) is 6.54 Å². The van der Waals surface area contributed by atoms with Crippen molar-refractivity contribution in [2.75, 3.05) is 5.32 Å². The highest BCUT2D eigenvalue weighted by molar-refractivity contribution is 7.14. The Morgan fingerprint density at radius 3 is 2.89 bits per heavy atom.